The maximum Gasteiger partial charge on any atom is 0.234 e. The first kappa shape index (κ1) is 10.5. The van der Waals surface area contributed by atoms with E-state index in [1.54, 1.807) is 17.8 Å². The molecule has 0 atom stereocenters. The Kier molecular flexibility index (Phi) is 3.45. The van der Waals surface area contributed by atoms with Crippen molar-refractivity contribution in [2.24, 2.45) is 0 Å². The third-order valence-electron chi connectivity index (χ3n) is 1.64. The van der Waals surface area contributed by atoms with Gasteiger partial charge in [0.25, 0.3) is 0 Å². The molecule has 0 spiro atoms. The molecule has 0 aliphatic carbocycles. The van der Waals surface area contributed by atoms with Crippen LogP contribution in [0.1, 0.15) is 19.5 Å². The highest BCUT2D eigenvalue weighted by Crippen LogP contribution is 2.09. The maximum absolute atomic E-state index is 4.97. The van der Waals surface area contributed by atoms with Crippen molar-refractivity contribution in [3.63, 3.8) is 0 Å². The van der Waals surface area contributed by atoms with Crippen molar-refractivity contribution >= 4 is 5.65 Å². The number of hydrogen-bond donors (Lipinski definition) is 0. The molecular weight excluding hydrogens is 178 g/mol. The van der Waals surface area contributed by atoms with Crippen LogP contribution < -0.4 is 4.74 Å². The van der Waals surface area contributed by atoms with Gasteiger partial charge in [-0.3, -0.25) is 0 Å². The minimum absolute atomic E-state index is 0.591. The molecule has 4 heteroatoms. The topological polar surface area (TPSA) is 39.4 Å². The summed E-state index contributed by atoms with van der Waals surface area (Å²) in [7, 11) is 1.59. The number of fused-ring (bicyclic) bond motifs is 1. The van der Waals surface area contributed by atoms with E-state index in [9.17, 15) is 0 Å². The van der Waals surface area contributed by atoms with E-state index in [-0.39, 0.29) is 0 Å². The molecule has 0 unspecified atom stereocenters. The van der Waals surface area contributed by atoms with Gasteiger partial charge in [0.15, 0.2) is 5.65 Å². The van der Waals surface area contributed by atoms with Crippen molar-refractivity contribution in [2.45, 2.75) is 20.8 Å². The molecule has 0 radical (unpaired) electrons. The monoisotopic (exact) mass is 193 g/mol. The molecule has 2 aromatic rings. The smallest absolute Gasteiger partial charge is 0.234 e. The maximum atomic E-state index is 4.97. The van der Waals surface area contributed by atoms with Crippen molar-refractivity contribution in [2.75, 3.05) is 7.11 Å². The van der Waals surface area contributed by atoms with Crippen molar-refractivity contribution in [1.29, 1.82) is 0 Å². The molecule has 14 heavy (non-hydrogen) atoms. The Hall–Kier alpha value is -1.58. The summed E-state index contributed by atoms with van der Waals surface area (Å²) in [5.41, 5.74) is 1.76. The Morgan fingerprint density at radius 1 is 1.29 bits per heavy atom. The fourth-order valence-electron chi connectivity index (χ4n) is 1.05. The number of methoxy groups -OCH3 is 1. The number of aryl methyl sites for hydroxylation is 1. The van der Waals surface area contributed by atoms with Crippen LogP contribution in [0, 0.1) is 6.92 Å². The fourth-order valence-corrected chi connectivity index (χ4v) is 1.05. The predicted octanol–water partition coefficient (Wildman–Crippen LogP) is 2.07. The van der Waals surface area contributed by atoms with E-state index in [1.165, 1.54) is 0 Å². The molecule has 76 valence electrons. The molecular formula is C10H15N3O. The quantitative estimate of drug-likeness (QED) is 0.696. The van der Waals surface area contributed by atoms with Gasteiger partial charge in [0.1, 0.15) is 0 Å². The number of ether oxygens (including phenoxy) is 1. The SMILES string of the molecule is CC.COc1cn2nc(C)ccc2n1. The molecule has 0 N–H and O–H groups in total. The molecule has 2 heterocycles. The summed E-state index contributed by atoms with van der Waals surface area (Å²) in [5.74, 6) is 0.591. The minimum atomic E-state index is 0.591. The molecule has 0 saturated heterocycles. The average molecular weight is 193 g/mol. The van der Waals surface area contributed by atoms with Crippen LogP contribution in [-0.4, -0.2) is 21.7 Å². The molecule has 0 aromatic carbocycles. The molecule has 0 aliphatic rings. The van der Waals surface area contributed by atoms with Crippen LogP contribution in [0.5, 0.6) is 5.88 Å². The molecule has 2 rings (SSSR count). The second-order valence-electron chi connectivity index (χ2n) is 2.56. The Morgan fingerprint density at radius 2 is 2.00 bits per heavy atom. The van der Waals surface area contributed by atoms with Crippen LogP contribution in [0.3, 0.4) is 0 Å². The van der Waals surface area contributed by atoms with Gasteiger partial charge < -0.3 is 4.74 Å². The molecule has 0 amide bonds. The van der Waals surface area contributed by atoms with Crippen LogP contribution >= 0.6 is 0 Å². The van der Waals surface area contributed by atoms with Crippen LogP contribution in [0.15, 0.2) is 18.3 Å². The van der Waals surface area contributed by atoms with Crippen LogP contribution in [-0.2, 0) is 0 Å². The summed E-state index contributed by atoms with van der Waals surface area (Å²) < 4.78 is 6.67. The zero-order chi connectivity index (χ0) is 10.6. The number of imidazole rings is 1. The molecule has 0 aliphatic heterocycles. The Bertz CT molecular complexity index is 409. The summed E-state index contributed by atoms with van der Waals surface area (Å²) in [6, 6.07) is 3.83. The highest BCUT2D eigenvalue weighted by atomic mass is 16.5. The Labute approximate surface area is 83.5 Å². The first-order chi connectivity index (χ1) is 6.79. The summed E-state index contributed by atoms with van der Waals surface area (Å²) in [6.07, 6.45) is 1.75. The van der Waals surface area contributed by atoms with Crippen LogP contribution in [0.4, 0.5) is 0 Å². The molecule has 0 bridgehead atoms. The van der Waals surface area contributed by atoms with E-state index in [0.29, 0.717) is 5.88 Å². The molecule has 4 nitrogen and oxygen atoms in total. The van der Waals surface area contributed by atoms with Gasteiger partial charge in [-0.2, -0.15) is 10.1 Å². The Morgan fingerprint density at radius 3 is 2.64 bits per heavy atom. The highest BCUT2D eigenvalue weighted by molar-refractivity contribution is 5.40. The van der Waals surface area contributed by atoms with E-state index in [1.807, 2.05) is 32.9 Å². The normalized spacial score (nSPS) is 9.43. The highest BCUT2D eigenvalue weighted by Gasteiger charge is 2.00. The van der Waals surface area contributed by atoms with Crippen molar-refractivity contribution in [3.05, 3.63) is 24.0 Å². The largest absolute Gasteiger partial charge is 0.480 e. The first-order valence-electron chi connectivity index (χ1n) is 4.66. The van der Waals surface area contributed by atoms with E-state index in [0.717, 1.165) is 11.3 Å². The van der Waals surface area contributed by atoms with Gasteiger partial charge >= 0.3 is 0 Å². The lowest BCUT2D eigenvalue weighted by Gasteiger charge is -1.91. The van der Waals surface area contributed by atoms with E-state index < -0.39 is 0 Å². The number of rotatable bonds is 1. The average Bonchev–Trinajstić information content (AvgIpc) is 2.62. The predicted molar refractivity (Wildman–Crippen MR) is 55.6 cm³/mol. The Balaban J connectivity index is 0.000000461. The standard InChI is InChI=1S/C8H9N3O.C2H6/c1-6-3-4-7-9-8(12-2)5-11(7)10-6;1-2/h3-5H,1-2H3;1-2H3. The van der Waals surface area contributed by atoms with Gasteiger partial charge in [-0.1, -0.05) is 13.8 Å². The van der Waals surface area contributed by atoms with E-state index in [2.05, 4.69) is 10.1 Å². The summed E-state index contributed by atoms with van der Waals surface area (Å²) in [5, 5.41) is 4.22. The number of hydrogen-bond acceptors (Lipinski definition) is 3. The second kappa shape index (κ2) is 4.60. The van der Waals surface area contributed by atoms with Gasteiger partial charge in [-0.25, -0.2) is 4.52 Å². The fraction of sp³-hybridized carbons (Fsp3) is 0.400. The van der Waals surface area contributed by atoms with Crippen molar-refractivity contribution in [1.82, 2.24) is 14.6 Å². The lowest BCUT2D eigenvalue weighted by atomic mass is 10.4. The van der Waals surface area contributed by atoms with Crippen LogP contribution in [0.25, 0.3) is 5.65 Å². The zero-order valence-electron chi connectivity index (χ0n) is 8.98. The van der Waals surface area contributed by atoms with E-state index >= 15 is 0 Å². The molecule has 0 saturated carbocycles. The van der Waals surface area contributed by atoms with Crippen LogP contribution in [0.2, 0.25) is 0 Å². The van der Waals surface area contributed by atoms with Gasteiger partial charge in [-0.15, -0.1) is 0 Å². The zero-order valence-corrected chi connectivity index (χ0v) is 8.98. The molecule has 0 fully saturated rings. The number of nitrogens with zero attached hydrogens (tertiary/aromatic N) is 3. The van der Waals surface area contributed by atoms with Gasteiger partial charge in [0, 0.05) is 0 Å². The summed E-state index contributed by atoms with van der Waals surface area (Å²) in [6.45, 7) is 5.94. The lowest BCUT2D eigenvalue weighted by Crippen LogP contribution is -1.91. The second-order valence-corrected chi connectivity index (χ2v) is 2.56. The minimum Gasteiger partial charge on any atom is -0.480 e. The lowest BCUT2D eigenvalue weighted by molar-refractivity contribution is 0.400. The van der Waals surface area contributed by atoms with Gasteiger partial charge in [0.2, 0.25) is 5.88 Å². The van der Waals surface area contributed by atoms with Gasteiger partial charge in [0.05, 0.1) is 19.0 Å². The third-order valence-corrected chi connectivity index (χ3v) is 1.64. The van der Waals surface area contributed by atoms with Gasteiger partial charge in [-0.05, 0) is 19.1 Å². The van der Waals surface area contributed by atoms with Crippen molar-refractivity contribution < 1.29 is 4.74 Å². The number of aromatic nitrogens is 3. The summed E-state index contributed by atoms with van der Waals surface area (Å²) >= 11 is 0. The van der Waals surface area contributed by atoms with Crippen molar-refractivity contribution in [3.8, 4) is 5.88 Å². The molecule has 2 aromatic heterocycles. The first-order valence-corrected chi connectivity index (χ1v) is 4.66. The third kappa shape index (κ3) is 2.02. The van der Waals surface area contributed by atoms with E-state index in [4.69, 9.17) is 4.74 Å². The summed E-state index contributed by atoms with van der Waals surface area (Å²) in [4.78, 5) is 4.15.